The van der Waals surface area contributed by atoms with Crippen LogP contribution in [0.3, 0.4) is 0 Å². The zero-order chi connectivity index (χ0) is 19.2. The van der Waals surface area contributed by atoms with Crippen LogP contribution in [0.15, 0.2) is 29.3 Å². The molecule has 1 unspecified atom stereocenters. The van der Waals surface area contributed by atoms with Crippen LogP contribution in [-0.2, 0) is 11.2 Å². The van der Waals surface area contributed by atoms with Crippen molar-refractivity contribution in [3.05, 3.63) is 29.8 Å². The van der Waals surface area contributed by atoms with Gasteiger partial charge in [0.1, 0.15) is 0 Å². The van der Waals surface area contributed by atoms with Crippen LogP contribution < -0.4 is 10.2 Å². The topological polar surface area (TPSA) is 51.2 Å². The Labute approximate surface area is 186 Å². The molecule has 1 atom stereocenters. The zero-order valence-electron chi connectivity index (χ0n) is 17.4. The standard InChI is InChI=1S/C21H33N5O.HI/c1-4-22-21(26-16-12-17-9-5-6-10-18(17)26)23-13-8-15-25-14-7-11-19(25)20(27)24(2)3;/h5-6,9-10,19H,4,7-8,11-16H2,1-3H3,(H,22,23);1H. The summed E-state index contributed by atoms with van der Waals surface area (Å²) in [5, 5.41) is 3.44. The van der Waals surface area contributed by atoms with E-state index in [0.29, 0.717) is 0 Å². The third-order valence-electron chi connectivity index (χ3n) is 5.43. The number of anilines is 1. The third-order valence-corrected chi connectivity index (χ3v) is 5.43. The van der Waals surface area contributed by atoms with E-state index in [9.17, 15) is 4.79 Å². The van der Waals surface area contributed by atoms with Gasteiger partial charge in [0, 0.05) is 46.0 Å². The SMILES string of the molecule is CCNC(=NCCCN1CCCC1C(=O)N(C)C)N1CCc2ccccc21.I. The lowest BCUT2D eigenvalue weighted by Gasteiger charge is -2.26. The van der Waals surface area contributed by atoms with Crippen molar-refractivity contribution in [2.75, 3.05) is 51.7 Å². The first-order chi connectivity index (χ1) is 13.1. The Bertz CT molecular complexity index is 679. The molecule has 0 spiro atoms. The van der Waals surface area contributed by atoms with Gasteiger partial charge in [-0.2, -0.15) is 0 Å². The smallest absolute Gasteiger partial charge is 0.239 e. The quantitative estimate of drug-likeness (QED) is 0.283. The lowest BCUT2D eigenvalue weighted by atomic mass is 10.2. The Kier molecular flexibility index (Phi) is 9.01. The van der Waals surface area contributed by atoms with E-state index in [2.05, 4.69) is 46.3 Å². The van der Waals surface area contributed by atoms with E-state index in [0.717, 1.165) is 64.4 Å². The summed E-state index contributed by atoms with van der Waals surface area (Å²) in [7, 11) is 3.69. The number of para-hydroxylation sites is 1. The average molecular weight is 499 g/mol. The van der Waals surface area contributed by atoms with Gasteiger partial charge in [0.05, 0.1) is 6.04 Å². The van der Waals surface area contributed by atoms with Gasteiger partial charge in [-0.25, -0.2) is 0 Å². The lowest BCUT2D eigenvalue weighted by Crippen LogP contribution is -2.43. The normalized spacial score (nSPS) is 19.3. The minimum Gasteiger partial charge on any atom is -0.356 e. The fraction of sp³-hybridized carbons (Fsp3) is 0.619. The molecule has 7 heteroatoms. The molecular formula is C21H34IN5O. The molecule has 156 valence electrons. The zero-order valence-corrected chi connectivity index (χ0v) is 19.7. The number of carbonyl (C=O) groups excluding carboxylic acids is 1. The highest BCUT2D eigenvalue weighted by Gasteiger charge is 2.31. The van der Waals surface area contributed by atoms with E-state index in [1.165, 1.54) is 11.3 Å². The Hall–Kier alpha value is -1.35. The highest BCUT2D eigenvalue weighted by molar-refractivity contribution is 14.0. The molecule has 1 aromatic rings. The van der Waals surface area contributed by atoms with Crippen LogP contribution in [0.4, 0.5) is 5.69 Å². The molecule has 28 heavy (non-hydrogen) atoms. The number of hydrogen-bond acceptors (Lipinski definition) is 3. The highest BCUT2D eigenvalue weighted by atomic mass is 127. The number of carbonyl (C=O) groups is 1. The van der Waals surface area contributed by atoms with E-state index in [1.54, 1.807) is 4.90 Å². The summed E-state index contributed by atoms with van der Waals surface area (Å²) < 4.78 is 0. The van der Waals surface area contributed by atoms with Gasteiger partial charge in [-0.05, 0) is 50.8 Å². The lowest BCUT2D eigenvalue weighted by molar-refractivity contribution is -0.133. The van der Waals surface area contributed by atoms with Crippen LogP contribution in [-0.4, -0.2) is 74.5 Å². The number of amides is 1. The molecule has 6 nitrogen and oxygen atoms in total. The Morgan fingerprint density at radius 2 is 2.07 bits per heavy atom. The molecule has 1 N–H and O–H groups in total. The average Bonchev–Trinajstić information content (AvgIpc) is 3.30. The van der Waals surface area contributed by atoms with E-state index in [-0.39, 0.29) is 35.9 Å². The number of hydrogen-bond donors (Lipinski definition) is 1. The molecule has 1 fully saturated rings. The highest BCUT2D eigenvalue weighted by Crippen LogP contribution is 2.27. The van der Waals surface area contributed by atoms with Crippen molar-refractivity contribution in [2.24, 2.45) is 4.99 Å². The van der Waals surface area contributed by atoms with Crippen molar-refractivity contribution in [3.8, 4) is 0 Å². The fourth-order valence-electron chi connectivity index (χ4n) is 4.08. The maximum absolute atomic E-state index is 12.3. The largest absolute Gasteiger partial charge is 0.356 e. The number of nitrogens with one attached hydrogen (secondary N) is 1. The summed E-state index contributed by atoms with van der Waals surface area (Å²) in [6.07, 6.45) is 4.14. The fourth-order valence-corrected chi connectivity index (χ4v) is 4.08. The number of likely N-dealkylation sites (N-methyl/N-ethyl adjacent to an activating group) is 1. The molecule has 1 aromatic carbocycles. The summed E-state index contributed by atoms with van der Waals surface area (Å²) in [5.41, 5.74) is 2.67. The first-order valence-corrected chi connectivity index (χ1v) is 10.2. The van der Waals surface area contributed by atoms with Crippen molar-refractivity contribution >= 4 is 41.5 Å². The second kappa shape index (κ2) is 11.0. The van der Waals surface area contributed by atoms with Gasteiger partial charge in [0.25, 0.3) is 0 Å². The third kappa shape index (κ3) is 5.37. The van der Waals surface area contributed by atoms with E-state index in [4.69, 9.17) is 4.99 Å². The van der Waals surface area contributed by atoms with Gasteiger partial charge < -0.3 is 15.1 Å². The van der Waals surface area contributed by atoms with Crippen LogP contribution in [0.2, 0.25) is 0 Å². The molecule has 1 saturated heterocycles. The van der Waals surface area contributed by atoms with Crippen molar-refractivity contribution < 1.29 is 4.79 Å². The molecule has 2 heterocycles. The van der Waals surface area contributed by atoms with Gasteiger partial charge in [0.15, 0.2) is 5.96 Å². The monoisotopic (exact) mass is 499 g/mol. The summed E-state index contributed by atoms with van der Waals surface area (Å²) >= 11 is 0. The van der Waals surface area contributed by atoms with E-state index in [1.807, 2.05) is 14.1 Å². The van der Waals surface area contributed by atoms with E-state index >= 15 is 0 Å². The van der Waals surface area contributed by atoms with Crippen LogP contribution in [0.5, 0.6) is 0 Å². The molecule has 0 aromatic heterocycles. The number of benzene rings is 1. The van der Waals surface area contributed by atoms with E-state index < -0.39 is 0 Å². The molecular weight excluding hydrogens is 465 g/mol. The van der Waals surface area contributed by atoms with Crippen LogP contribution in [0, 0.1) is 0 Å². The van der Waals surface area contributed by atoms with Crippen molar-refractivity contribution in [3.63, 3.8) is 0 Å². The van der Waals surface area contributed by atoms with Crippen molar-refractivity contribution in [2.45, 2.75) is 38.6 Å². The second-order valence-corrected chi connectivity index (χ2v) is 7.55. The Morgan fingerprint density at radius 1 is 1.29 bits per heavy atom. The first kappa shape index (κ1) is 22.9. The number of fused-ring (bicyclic) bond motifs is 1. The molecule has 0 aliphatic carbocycles. The first-order valence-electron chi connectivity index (χ1n) is 10.2. The van der Waals surface area contributed by atoms with Crippen molar-refractivity contribution in [1.29, 1.82) is 0 Å². The van der Waals surface area contributed by atoms with Crippen LogP contribution in [0.1, 0.15) is 31.7 Å². The molecule has 2 aliphatic rings. The minimum absolute atomic E-state index is 0. The van der Waals surface area contributed by atoms with Gasteiger partial charge in [-0.15, -0.1) is 24.0 Å². The number of guanidine groups is 1. The van der Waals surface area contributed by atoms with Crippen LogP contribution >= 0.6 is 24.0 Å². The van der Waals surface area contributed by atoms with Gasteiger partial charge in [-0.1, -0.05) is 18.2 Å². The number of halogens is 1. The summed E-state index contributed by atoms with van der Waals surface area (Å²) in [6, 6.07) is 8.64. The molecule has 0 radical (unpaired) electrons. The number of nitrogens with zero attached hydrogens (tertiary/aromatic N) is 4. The molecule has 3 rings (SSSR count). The van der Waals surface area contributed by atoms with Crippen LogP contribution in [0.25, 0.3) is 0 Å². The molecule has 1 amide bonds. The minimum atomic E-state index is 0. The Balaban J connectivity index is 0.00000280. The van der Waals surface area contributed by atoms with Crippen molar-refractivity contribution in [1.82, 2.24) is 15.1 Å². The summed E-state index contributed by atoms with van der Waals surface area (Å²) in [4.78, 5) is 23.5. The molecule has 0 saturated carbocycles. The number of rotatable bonds is 6. The van der Waals surface area contributed by atoms with Gasteiger partial charge in [-0.3, -0.25) is 14.7 Å². The summed E-state index contributed by atoms with van der Waals surface area (Å²) in [6.45, 7) is 6.69. The predicted octanol–water partition coefficient (Wildman–Crippen LogP) is 2.58. The second-order valence-electron chi connectivity index (χ2n) is 7.55. The number of likely N-dealkylation sites (tertiary alicyclic amines) is 1. The maximum atomic E-state index is 12.3. The molecule has 2 aliphatic heterocycles. The number of aliphatic imine (C=N–C) groups is 1. The molecule has 0 bridgehead atoms. The van der Waals surface area contributed by atoms with Gasteiger partial charge in [0.2, 0.25) is 5.91 Å². The van der Waals surface area contributed by atoms with Gasteiger partial charge >= 0.3 is 0 Å². The predicted molar refractivity (Wildman–Crippen MR) is 127 cm³/mol. The summed E-state index contributed by atoms with van der Waals surface area (Å²) in [5.74, 6) is 1.21. The maximum Gasteiger partial charge on any atom is 0.239 e. The Morgan fingerprint density at radius 3 is 2.82 bits per heavy atom.